The Morgan fingerprint density at radius 2 is 1.94 bits per heavy atom. The number of rotatable bonds is 8. The number of carbonyl (C=O) groups excluding carboxylic acids is 1. The molecule has 0 saturated heterocycles. The van der Waals surface area contributed by atoms with Crippen molar-refractivity contribution in [3.63, 3.8) is 0 Å². The van der Waals surface area contributed by atoms with Gasteiger partial charge in [-0.2, -0.15) is 14.0 Å². The Kier molecular flexibility index (Phi) is 7.47. The molecule has 0 atom stereocenters. The van der Waals surface area contributed by atoms with Crippen molar-refractivity contribution in [1.29, 1.82) is 5.26 Å². The van der Waals surface area contributed by atoms with Crippen LogP contribution in [-0.4, -0.2) is 32.2 Å². The third-order valence-corrected chi connectivity index (χ3v) is 5.96. The van der Waals surface area contributed by atoms with E-state index in [1.165, 1.54) is 6.07 Å². The largest absolute Gasteiger partial charge is 0.434 e. The molecule has 33 heavy (non-hydrogen) atoms. The summed E-state index contributed by atoms with van der Waals surface area (Å²) in [6.07, 6.45) is 0.815. The average molecular weight is 513 g/mol. The lowest BCUT2D eigenvalue weighted by molar-refractivity contribution is -0.0504. The maximum Gasteiger partial charge on any atom is 0.387 e. The number of benzene rings is 2. The van der Waals surface area contributed by atoms with E-state index in [1.54, 1.807) is 52.1 Å². The van der Waals surface area contributed by atoms with E-state index in [0.29, 0.717) is 16.8 Å². The van der Waals surface area contributed by atoms with Crippen LogP contribution in [0.2, 0.25) is 4.34 Å². The number of nitriles is 1. The Labute approximate surface area is 197 Å². The van der Waals surface area contributed by atoms with Gasteiger partial charge in [-0.1, -0.05) is 41.1 Å². The van der Waals surface area contributed by atoms with E-state index in [9.17, 15) is 22.0 Å². The molecule has 0 unspecified atom stereocenters. The molecule has 1 amide bonds. The van der Waals surface area contributed by atoms with Crippen molar-refractivity contribution in [2.75, 3.05) is 11.2 Å². The molecule has 0 spiro atoms. The highest BCUT2D eigenvalue weighted by molar-refractivity contribution is 7.89. The SMILES string of the molecule is CS(=O)(=O)NC(=O)c1nc(N(Cc2ccccc2OC(F)F)c2ccc(C#N)cc2)sc1Cl. The number of hydrogen-bond donors (Lipinski definition) is 1. The molecular formula is C20H15ClF2N4O4S2. The van der Waals surface area contributed by atoms with Crippen LogP contribution in [0.25, 0.3) is 0 Å². The fraction of sp³-hybridized carbons (Fsp3) is 0.150. The number of amides is 1. The number of ether oxygens (including phenoxy) is 1. The predicted molar refractivity (Wildman–Crippen MR) is 120 cm³/mol. The van der Waals surface area contributed by atoms with Gasteiger partial charge in [0.1, 0.15) is 10.1 Å². The summed E-state index contributed by atoms with van der Waals surface area (Å²) in [5, 5.41) is 9.25. The van der Waals surface area contributed by atoms with E-state index in [2.05, 4.69) is 9.72 Å². The minimum Gasteiger partial charge on any atom is -0.434 e. The molecule has 0 saturated carbocycles. The highest BCUT2D eigenvalue weighted by Crippen LogP contribution is 2.37. The number of aromatic nitrogens is 1. The third kappa shape index (κ3) is 6.38. The molecule has 13 heteroatoms. The lowest BCUT2D eigenvalue weighted by atomic mass is 10.1. The second-order valence-corrected chi connectivity index (χ2v) is 9.88. The smallest absolute Gasteiger partial charge is 0.387 e. The van der Waals surface area contributed by atoms with Crippen LogP contribution in [0.1, 0.15) is 21.6 Å². The minimum absolute atomic E-state index is 0.00816. The van der Waals surface area contributed by atoms with Crippen LogP contribution in [0, 0.1) is 11.3 Å². The Balaban J connectivity index is 2.05. The van der Waals surface area contributed by atoms with Gasteiger partial charge in [0, 0.05) is 11.3 Å². The van der Waals surface area contributed by atoms with E-state index in [-0.39, 0.29) is 27.5 Å². The maximum atomic E-state index is 12.9. The van der Waals surface area contributed by atoms with E-state index >= 15 is 0 Å². The zero-order valence-electron chi connectivity index (χ0n) is 16.8. The van der Waals surface area contributed by atoms with Crippen LogP contribution < -0.4 is 14.4 Å². The van der Waals surface area contributed by atoms with Crippen molar-refractivity contribution in [2.24, 2.45) is 0 Å². The van der Waals surface area contributed by atoms with Crippen molar-refractivity contribution in [1.82, 2.24) is 9.71 Å². The van der Waals surface area contributed by atoms with Gasteiger partial charge in [-0.05, 0) is 30.3 Å². The van der Waals surface area contributed by atoms with E-state index in [1.807, 2.05) is 6.07 Å². The summed E-state index contributed by atoms with van der Waals surface area (Å²) >= 11 is 7.05. The van der Waals surface area contributed by atoms with Crippen LogP contribution in [0.5, 0.6) is 5.75 Å². The zero-order chi connectivity index (χ0) is 24.2. The van der Waals surface area contributed by atoms with Crippen LogP contribution >= 0.6 is 22.9 Å². The predicted octanol–water partition coefficient (Wildman–Crippen LogP) is 4.30. The summed E-state index contributed by atoms with van der Waals surface area (Å²) in [7, 11) is -3.85. The first-order valence-corrected chi connectivity index (χ1v) is 12.1. The highest BCUT2D eigenvalue weighted by atomic mass is 35.5. The quantitative estimate of drug-likeness (QED) is 0.479. The van der Waals surface area contributed by atoms with Gasteiger partial charge in [0.25, 0.3) is 5.91 Å². The summed E-state index contributed by atoms with van der Waals surface area (Å²) in [4.78, 5) is 18.0. The van der Waals surface area contributed by atoms with Crippen LogP contribution in [0.4, 0.5) is 19.6 Å². The van der Waals surface area contributed by atoms with E-state index < -0.39 is 22.5 Å². The number of sulfonamides is 1. The fourth-order valence-electron chi connectivity index (χ4n) is 2.76. The summed E-state index contributed by atoms with van der Waals surface area (Å²) < 4.78 is 54.9. The van der Waals surface area contributed by atoms with Crippen LogP contribution in [-0.2, 0) is 16.6 Å². The van der Waals surface area contributed by atoms with Crippen LogP contribution in [0.15, 0.2) is 48.5 Å². The molecule has 172 valence electrons. The highest BCUT2D eigenvalue weighted by Gasteiger charge is 2.24. The molecule has 8 nitrogen and oxygen atoms in total. The topological polar surface area (TPSA) is 112 Å². The number of nitrogens with zero attached hydrogens (tertiary/aromatic N) is 3. The first-order chi connectivity index (χ1) is 15.6. The summed E-state index contributed by atoms with van der Waals surface area (Å²) in [5.74, 6) is -1.06. The molecule has 2 aromatic carbocycles. The standard InChI is InChI=1S/C20H15ClF2N4O4S2/c1-33(29,30)26-18(28)16-17(21)32-20(25-16)27(14-8-6-12(10-24)7-9-14)11-13-4-2-3-5-15(13)31-19(22)23/h2-9,19H,11H2,1H3,(H,26,28). The average Bonchev–Trinajstić information content (AvgIpc) is 3.13. The van der Waals surface area contributed by atoms with Gasteiger partial charge in [-0.25, -0.2) is 18.1 Å². The maximum absolute atomic E-state index is 12.9. The first-order valence-electron chi connectivity index (χ1n) is 9.06. The van der Waals surface area contributed by atoms with E-state index in [4.69, 9.17) is 16.9 Å². The van der Waals surface area contributed by atoms with Gasteiger partial charge < -0.3 is 9.64 Å². The number of thiazole rings is 1. The third-order valence-electron chi connectivity index (χ3n) is 4.12. The summed E-state index contributed by atoms with van der Waals surface area (Å²) in [6, 6.07) is 14.5. The van der Waals surface area contributed by atoms with Crippen molar-refractivity contribution in [3.05, 3.63) is 69.7 Å². The van der Waals surface area contributed by atoms with Gasteiger partial charge in [0.15, 0.2) is 10.8 Å². The number of anilines is 2. The van der Waals surface area contributed by atoms with Gasteiger partial charge in [0.2, 0.25) is 10.0 Å². The zero-order valence-corrected chi connectivity index (χ0v) is 19.2. The van der Waals surface area contributed by atoms with Crippen molar-refractivity contribution in [2.45, 2.75) is 13.2 Å². The molecule has 0 aliphatic carbocycles. The monoisotopic (exact) mass is 512 g/mol. The molecule has 0 radical (unpaired) electrons. The molecule has 1 heterocycles. The molecule has 3 aromatic rings. The normalized spacial score (nSPS) is 11.2. The minimum atomic E-state index is -3.85. The molecule has 0 fully saturated rings. The number of alkyl halides is 2. The van der Waals surface area contributed by atoms with Gasteiger partial charge >= 0.3 is 6.61 Å². The molecular weight excluding hydrogens is 498 g/mol. The lowest BCUT2D eigenvalue weighted by Crippen LogP contribution is -2.29. The number of hydrogen-bond acceptors (Lipinski definition) is 8. The Morgan fingerprint density at radius 1 is 1.27 bits per heavy atom. The number of nitrogens with one attached hydrogen (secondary N) is 1. The number of para-hydroxylation sites is 1. The molecule has 1 aromatic heterocycles. The Morgan fingerprint density at radius 3 is 2.55 bits per heavy atom. The molecule has 0 aliphatic rings. The fourth-order valence-corrected chi connectivity index (χ4v) is 4.35. The summed E-state index contributed by atoms with van der Waals surface area (Å²) in [5.41, 5.74) is 0.986. The first kappa shape index (κ1) is 24.4. The second kappa shape index (κ2) is 10.1. The molecule has 1 N–H and O–H groups in total. The van der Waals surface area contributed by atoms with Crippen molar-refractivity contribution >= 4 is 49.7 Å². The molecule has 0 bridgehead atoms. The molecule has 0 aliphatic heterocycles. The van der Waals surface area contributed by atoms with Crippen molar-refractivity contribution in [3.8, 4) is 11.8 Å². The second-order valence-electron chi connectivity index (χ2n) is 6.55. The van der Waals surface area contributed by atoms with Gasteiger partial charge in [-0.15, -0.1) is 0 Å². The molecule has 3 rings (SSSR count). The summed E-state index contributed by atoms with van der Waals surface area (Å²) in [6.45, 7) is -3.04. The van der Waals surface area contributed by atoms with Gasteiger partial charge in [0.05, 0.1) is 24.4 Å². The van der Waals surface area contributed by atoms with Gasteiger partial charge in [-0.3, -0.25) is 4.79 Å². The van der Waals surface area contributed by atoms with Crippen LogP contribution in [0.3, 0.4) is 0 Å². The van der Waals surface area contributed by atoms with E-state index in [0.717, 1.165) is 17.6 Å². The Bertz CT molecular complexity index is 1310. The van der Waals surface area contributed by atoms with Crippen molar-refractivity contribution < 1.29 is 26.7 Å². The Hall–Kier alpha value is -3.27. The number of carbonyl (C=O) groups is 1. The number of halogens is 3. The lowest BCUT2D eigenvalue weighted by Gasteiger charge is -2.23.